The summed E-state index contributed by atoms with van der Waals surface area (Å²) in [5.74, 6) is 1.11. The number of benzene rings is 1. The third kappa shape index (κ3) is 3.86. The number of para-hydroxylation sites is 1. The van der Waals surface area contributed by atoms with Crippen molar-refractivity contribution in [1.82, 2.24) is 20.4 Å². The normalized spacial score (nSPS) is 18.0. The van der Waals surface area contributed by atoms with E-state index in [-0.39, 0.29) is 16.7 Å². The monoisotopic (exact) mass is 397 g/mol. The average molecular weight is 397 g/mol. The molecule has 1 aliphatic rings. The molecule has 144 valence electrons. The molecule has 1 aliphatic heterocycles. The van der Waals surface area contributed by atoms with Gasteiger partial charge in [-0.2, -0.15) is 4.98 Å². The van der Waals surface area contributed by atoms with Gasteiger partial charge in [-0.15, -0.1) is 11.3 Å². The smallest absolute Gasteiger partial charge is 0.278 e. The van der Waals surface area contributed by atoms with E-state index >= 15 is 0 Å². The first kappa shape index (κ1) is 18.5. The minimum Gasteiger partial charge on any atom is -0.335 e. The number of hydrogen-bond donors (Lipinski definition) is 1. The zero-order valence-electron chi connectivity index (χ0n) is 15.2. The van der Waals surface area contributed by atoms with E-state index < -0.39 is 0 Å². The highest BCUT2D eigenvalue weighted by molar-refractivity contribution is 7.16. The molecule has 1 fully saturated rings. The maximum atomic E-state index is 11.2. The molecule has 9 heteroatoms. The second kappa shape index (κ2) is 8.01. The maximum absolute atomic E-state index is 11.2. The Morgan fingerprint density at radius 1 is 1.32 bits per heavy atom. The van der Waals surface area contributed by atoms with Gasteiger partial charge >= 0.3 is 0 Å². The molecule has 3 heterocycles. The van der Waals surface area contributed by atoms with E-state index in [1.165, 1.54) is 17.4 Å². The van der Waals surface area contributed by atoms with Crippen molar-refractivity contribution in [2.24, 2.45) is 0 Å². The number of nitro groups is 1. The van der Waals surface area contributed by atoms with Crippen molar-refractivity contribution in [2.45, 2.75) is 6.04 Å². The summed E-state index contributed by atoms with van der Waals surface area (Å²) < 4.78 is 5.34. The number of piperazine rings is 1. The molecule has 0 radical (unpaired) electrons. The number of thiophene rings is 1. The lowest BCUT2D eigenvalue weighted by Gasteiger charge is -2.30. The summed E-state index contributed by atoms with van der Waals surface area (Å²) >= 11 is 1.47. The van der Waals surface area contributed by atoms with Crippen LogP contribution in [0.1, 0.15) is 22.6 Å². The van der Waals surface area contributed by atoms with Gasteiger partial charge in [0.15, 0.2) is 5.82 Å². The van der Waals surface area contributed by atoms with Crippen molar-refractivity contribution in [2.75, 3.05) is 26.7 Å². The van der Waals surface area contributed by atoms with E-state index in [1.807, 2.05) is 25.3 Å². The molecule has 2 aromatic heterocycles. The van der Waals surface area contributed by atoms with E-state index in [0.717, 1.165) is 29.4 Å². The van der Waals surface area contributed by atoms with Crippen LogP contribution in [0.15, 0.2) is 40.9 Å². The predicted molar refractivity (Wildman–Crippen MR) is 108 cm³/mol. The highest BCUT2D eigenvalue weighted by Crippen LogP contribution is 2.35. The molecule has 0 amide bonds. The minimum absolute atomic E-state index is 0.103. The topological polar surface area (TPSA) is 97.3 Å². The molecule has 0 aliphatic carbocycles. The van der Waals surface area contributed by atoms with Gasteiger partial charge in [-0.1, -0.05) is 17.3 Å². The second-order valence-corrected chi connectivity index (χ2v) is 7.62. The van der Waals surface area contributed by atoms with Gasteiger partial charge in [0, 0.05) is 41.5 Å². The van der Waals surface area contributed by atoms with Crippen molar-refractivity contribution in [3.63, 3.8) is 0 Å². The number of nitro benzene ring substituents is 1. The number of likely N-dealkylation sites (N-methyl/N-ethyl adjacent to an activating group) is 1. The van der Waals surface area contributed by atoms with E-state index in [1.54, 1.807) is 24.3 Å². The first-order valence-corrected chi connectivity index (χ1v) is 9.70. The van der Waals surface area contributed by atoms with Crippen LogP contribution in [0.25, 0.3) is 22.6 Å². The van der Waals surface area contributed by atoms with Crippen LogP contribution in [0.3, 0.4) is 0 Å². The number of aromatic nitrogens is 2. The molecular weight excluding hydrogens is 378 g/mol. The highest BCUT2D eigenvalue weighted by Gasteiger charge is 2.24. The summed E-state index contributed by atoms with van der Waals surface area (Å²) in [5.41, 5.74) is 0.719. The first-order valence-electron chi connectivity index (χ1n) is 8.88. The fraction of sp³-hybridized carbons (Fsp3) is 0.263. The summed E-state index contributed by atoms with van der Waals surface area (Å²) in [7, 11) is 2.05. The van der Waals surface area contributed by atoms with Crippen molar-refractivity contribution in [1.29, 1.82) is 0 Å². The molecule has 8 nitrogen and oxygen atoms in total. The molecule has 3 aromatic rings. The van der Waals surface area contributed by atoms with Crippen LogP contribution in [0.4, 0.5) is 5.69 Å². The highest BCUT2D eigenvalue weighted by atomic mass is 32.1. The lowest BCUT2D eigenvalue weighted by Crippen LogP contribution is -2.44. The second-order valence-electron chi connectivity index (χ2n) is 6.50. The van der Waals surface area contributed by atoms with Crippen LogP contribution in [0.2, 0.25) is 0 Å². The van der Waals surface area contributed by atoms with Gasteiger partial charge in [0.2, 0.25) is 0 Å². The van der Waals surface area contributed by atoms with Crippen molar-refractivity contribution < 1.29 is 9.45 Å². The Kier molecular flexibility index (Phi) is 5.29. The molecule has 0 spiro atoms. The van der Waals surface area contributed by atoms with Gasteiger partial charge in [-0.25, -0.2) is 0 Å². The molecule has 0 saturated carbocycles. The summed E-state index contributed by atoms with van der Waals surface area (Å²) in [6, 6.07) is 10.7. The molecular formula is C19H19N5O3S. The van der Waals surface area contributed by atoms with Crippen LogP contribution < -0.4 is 5.32 Å². The lowest BCUT2D eigenvalue weighted by atomic mass is 10.1. The maximum Gasteiger partial charge on any atom is 0.278 e. The standard InChI is InChI=1S/C19H19N5O3S/c1-23-11-10-20-12-16(23)19-21-18(27-22-19)9-7-13-6-8-17(28-13)14-4-2-3-5-15(14)24(25)26/h2-9,16,20H,10-12H2,1H3/b9-7+. The van der Waals surface area contributed by atoms with Gasteiger partial charge in [0.1, 0.15) is 0 Å². The summed E-state index contributed by atoms with van der Waals surface area (Å²) in [6.07, 6.45) is 3.64. The number of rotatable bonds is 5. The van der Waals surface area contributed by atoms with Gasteiger partial charge in [-0.05, 0) is 31.3 Å². The molecule has 1 N–H and O–H groups in total. The Balaban J connectivity index is 1.50. The molecule has 1 aromatic carbocycles. The first-order chi connectivity index (χ1) is 13.6. The Morgan fingerprint density at radius 2 is 2.18 bits per heavy atom. The Bertz CT molecular complexity index is 1010. The lowest BCUT2D eigenvalue weighted by molar-refractivity contribution is -0.384. The predicted octanol–water partition coefficient (Wildman–Crippen LogP) is 3.45. The van der Waals surface area contributed by atoms with E-state index in [0.29, 0.717) is 17.3 Å². The molecule has 1 saturated heterocycles. The Labute approximate surface area is 165 Å². The number of nitrogens with zero attached hydrogens (tertiary/aromatic N) is 4. The van der Waals surface area contributed by atoms with E-state index in [4.69, 9.17) is 4.52 Å². The van der Waals surface area contributed by atoms with Crippen molar-refractivity contribution in [3.8, 4) is 10.4 Å². The number of nitrogens with one attached hydrogen (secondary N) is 1. The molecule has 1 atom stereocenters. The molecule has 0 bridgehead atoms. The summed E-state index contributed by atoms with van der Waals surface area (Å²) in [4.78, 5) is 19.3. The van der Waals surface area contributed by atoms with Crippen molar-refractivity contribution in [3.05, 3.63) is 63.1 Å². The quantitative estimate of drug-likeness (QED) is 0.520. The van der Waals surface area contributed by atoms with E-state index in [2.05, 4.69) is 20.4 Å². The SMILES string of the molecule is CN1CCNCC1c1noc(/C=C/c2ccc(-c3ccccc3[N+](=O)[O-])s2)n1. The van der Waals surface area contributed by atoms with Crippen LogP contribution >= 0.6 is 11.3 Å². The van der Waals surface area contributed by atoms with Crippen LogP contribution in [0.5, 0.6) is 0 Å². The van der Waals surface area contributed by atoms with Crippen LogP contribution in [0, 0.1) is 10.1 Å². The fourth-order valence-electron chi connectivity index (χ4n) is 3.13. The van der Waals surface area contributed by atoms with Crippen LogP contribution in [-0.2, 0) is 0 Å². The summed E-state index contributed by atoms with van der Waals surface area (Å²) in [6.45, 7) is 2.69. The minimum atomic E-state index is -0.359. The Hall–Kier alpha value is -2.88. The largest absolute Gasteiger partial charge is 0.335 e. The zero-order chi connectivity index (χ0) is 19.5. The zero-order valence-corrected chi connectivity index (χ0v) is 16.1. The average Bonchev–Trinajstić information content (AvgIpc) is 3.36. The summed E-state index contributed by atoms with van der Waals surface area (Å²) in [5, 5.41) is 18.7. The Morgan fingerprint density at radius 3 is 3.00 bits per heavy atom. The third-order valence-corrected chi connectivity index (χ3v) is 5.73. The fourth-order valence-corrected chi connectivity index (χ4v) is 4.07. The van der Waals surface area contributed by atoms with Gasteiger partial charge < -0.3 is 9.84 Å². The van der Waals surface area contributed by atoms with Gasteiger partial charge in [-0.3, -0.25) is 15.0 Å². The van der Waals surface area contributed by atoms with Crippen LogP contribution in [-0.4, -0.2) is 46.6 Å². The molecule has 1 unspecified atom stereocenters. The van der Waals surface area contributed by atoms with Gasteiger partial charge in [0.05, 0.1) is 16.5 Å². The van der Waals surface area contributed by atoms with Gasteiger partial charge in [0.25, 0.3) is 11.6 Å². The molecule has 4 rings (SSSR count). The number of hydrogen-bond acceptors (Lipinski definition) is 8. The van der Waals surface area contributed by atoms with Crippen molar-refractivity contribution >= 4 is 29.2 Å². The third-order valence-electron chi connectivity index (χ3n) is 4.65. The van der Waals surface area contributed by atoms with E-state index in [9.17, 15) is 10.1 Å². The molecule has 28 heavy (non-hydrogen) atoms.